The summed E-state index contributed by atoms with van der Waals surface area (Å²) in [6, 6.07) is -6.36. The third-order valence-corrected chi connectivity index (χ3v) is 10.2. The highest BCUT2D eigenvalue weighted by atomic mass is 32.2. The lowest BCUT2D eigenvalue weighted by Crippen LogP contribution is -2.62. The van der Waals surface area contributed by atoms with Gasteiger partial charge in [-0.25, -0.2) is 9.59 Å². The van der Waals surface area contributed by atoms with Gasteiger partial charge in [0.2, 0.25) is 17.7 Å². The molecule has 0 bridgehead atoms. The topological polar surface area (TPSA) is 256 Å². The molecule has 4 heterocycles. The van der Waals surface area contributed by atoms with Crippen molar-refractivity contribution in [1.82, 2.24) is 20.4 Å². The van der Waals surface area contributed by atoms with Gasteiger partial charge in [-0.3, -0.25) is 14.4 Å². The van der Waals surface area contributed by atoms with Crippen molar-refractivity contribution in [3.8, 4) is 0 Å². The summed E-state index contributed by atoms with van der Waals surface area (Å²) in [5, 5.41) is 66.1. The van der Waals surface area contributed by atoms with Crippen LogP contribution >= 0.6 is 23.5 Å². The zero-order valence-electron chi connectivity index (χ0n) is 23.6. The van der Waals surface area contributed by atoms with Crippen molar-refractivity contribution < 1.29 is 64.1 Å². The van der Waals surface area contributed by atoms with Crippen LogP contribution in [0.2, 0.25) is 0 Å². The normalized spacial score (nSPS) is 39.8. The van der Waals surface area contributed by atoms with Crippen LogP contribution in [0.25, 0.3) is 0 Å². The molecule has 4 amide bonds. The molecule has 12 atom stereocenters. The molecule has 8 N–H and O–H groups in total. The number of nitrogens with zero attached hydrogens (tertiary/aromatic N) is 2. The van der Waals surface area contributed by atoms with Gasteiger partial charge in [0.1, 0.15) is 77.1 Å². The molecule has 0 spiro atoms. The van der Waals surface area contributed by atoms with Crippen molar-refractivity contribution in [2.75, 3.05) is 18.6 Å². The van der Waals surface area contributed by atoms with Crippen LogP contribution in [0.5, 0.6) is 0 Å². The van der Waals surface area contributed by atoms with Gasteiger partial charge in [-0.2, -0.15) is 0 Å². The number of amides is 4. The van der Waals surface area contributed by atoms with Crippen molar-refractivity contribution in [1.29, 1.82) is 0 Å². The number of thioether (sulfide) groups is 2. The van der Waals surface area contributed by atoms with E-state index >= 15 is 0 Å². The van der Waals surface area contributed by atoms with Gasteiger partial charge < -0.3 is 60.5 Å². The van der Waals surface area contributed by atoms with Crippen molar-refractivity contribution in [3.05, 3.63) is 0 Å². The van der Waals surface area contributed by atoms with Crippen LogP contribution in [0, 0.1) is 0 Å². The molecular weight excluding hydrogens is 616 g/mol. The molecule has 43 heavy (non-hydrogen) atoms. The third-order valence-electron chi connectivity index (χ3n) is 7.52. The highest BCUT2D eigenvalue weighted by molar-refractivity contribution is 8.00. The Labute approximate surface area is 254 Å². The SMILES string of the molecule is COC(=O)[C@@H]1CS[C@@H]2[C@H](O)[C@@H](O)[C@H](O)[C@H](NC(=O)[C@@H]3CS[C@@H]4[C@H](O)[C@@H](O)[C@H](O)[C@H](NC(=O)OC(C)(C)C)C(=O)N43)C(=O)N21. The summed E-state index contributed by atoms with van der Waals surface area (Å²) < 4.78 is 9.88. The molecule has 0 saturated carbocycles. The maximum absolute atomic E-state index is 13.6. The van der Waals surface area contributed by atoms with Crippen LogP contribution in [-0.4, -0.2) is 166 Å². The minimum atomic E-state index is -2.03. The first kappa shape index (κ1) is 33.5. The highest BCUT2D eigenvalue weighted by Gasteiger charge is 2.57. The Balaban J connectivity index is 1.60. The molecular formula is C24H36N4O13S2. The van der Waals surface area contributed by atoms with Gasteiger partial charge in [0.25, 0.3) is 0 Å². The number of hydrogen-bond donors (Lipinski definition) is 8. The minimum Gasteiger partial charge on any atom is -0.467 e. The number of carbonyl (C=O) groups is 5. The first-order valence-electron chi connectivity index (χ1n) is 13.3. The molecule has 17 nitrogen and oxygen atoms in total. The average Bonchev–Trinajstić information content (AvgIpc) is 3.57. The van der Waals surface area contributed by atoms with E-state index in [0.29, 0.717) is 0 Å². The minimum absolute atomic E-state index is 0.0153. The summed E-state index contributed by atoms with van der Waals surface area (Å²) in [7, 11) is 1.10. The largest absolute Gasteiger partial charge is 0.467 e. The Morgan fingerprint density at radius 3 is 1.65 bits per heavy atom. The second kappa shape index (κ2) is 12.5. The Kier molecular flexibility index (Phi) is 9.77. The third kappa shape index (κ3) is 6.26. The molecule has 4 aliphatic rings. The van der Waals surface area contributed by atoms with E-state index in [1.165, 1.54) is 0 Å². The summed E-state index contributed by atoms with van der Waals surface area (Å²) in [6.07, 6.45) is -12.4. The van der Waals surface area contributed by atoms with Gasteiger partial charge >= 0.3 is 12.1 Å². The number of hydrogen-bond acceptors (Lipinski definition) is 15. The number of alkyl carbamates (subject to hydrolysis) is 1. The van der Waals surface area contributed by atoms with E-state index in [0.717, 1.165) is 40.4 Å². The molecule has 0 aliphatic carbocycles. The molecule has 19 heteroatoms. The monoisotopic (exact) mass is 652 g/mol. The quantitative estimate of drug-likeness (QED) is 0.133. The summed E-state index contributed by atoms with van der Waals surface area (Å²) in [5.41, 5.74) is -0.987. The summed E-state index contributed by atoms with van der Waals surface area (Å²) in [4.78, 5) is 67.4. The van der Waals surface area contributed by atoms with E-state index in [4.69, 9.17) is 9.47 Å². The average molecular weight is 653 g/mol. The van der Waals surface area contributed by atoms with Gasteiger partial charge in [0.05, 0.1) is 7.11 Å². The van der Waals surface area contributed by atoms with E-state index in [2.05, 4.69) is 10.6 Å². The van der Waals surface area contributed by atoms with Gasteiger partial charge in [-0.1, -0.05) is 0 Å². The Morgan fingerprint density at radius 1 is 0.744 bits per heavy atom. The molecule has 0 aromatic heterocycles. The van der Waals surface area contributed by atoms with Crippen LogP contribution in [0.3, 0.4) is 0 Å². The molecule has 4 fully saturated rings. The molecule has 0 unspecified atom stereocenters. The van der Waals surface area contributed by atoms with Gasteiger partial charge in [0, 0.05) is 11.5 Å². The van der Waals surface area contributed by atoms with E-state index < -0.39 is 107 Å². The van der Waals surface area contributed by atoms with E-state index in [9.17, 15) is 54.6 Å². The zero-order chi connectivity index (χ0) is 32.1. The second-order valence-corrected chi connectivity index (χ2v) is 13.8. The zero-order valence-corrected chi connectivity index (χ0v) is 25.2. The smallest absolute Gasteiger partial charge is 0.408 e. The number of aliphatic hydroxyl groups excluding tert-OH is 6. The van der Waals surface area contributed by atoms with Crippen LogP contribution in [0.4, 0.5) is 4.79 Å². The fourth-order valence-electron chi connectivity index (χ4n) is 5.39. The lowest BCUT2D eigenvalue weighted by Gasteiger charge is -2.33. The molecule has 4 aliphatic heterocycles. The molecule has 4 rings (SSSR count). The summed E-state index contributed by atoms with van der Waals surface area (Å²) in [5.74, 6) is -4.05. The number of esters is 1. The van der Waals surface area contributed by atoms with Crippen LogP contribution < -0.4 is 10.6 Å². The number of fused-ring (bicyclic) bond motifs is 2. The lowest BCUT2D eigenvalue weighted by atomic mass is 10.0. The van der Waals surface area contributed by atoms with Crippen LogP contribution in [-0.2, 0) is 28.7 Å². The molecule has 0 aromatic carbocycles. The van der Waals surface area contributed by atoms with Crippen LogP contribution in [0.15, 0.2) is 0 Å². The maximum Gasteiger partial charge on any atom is 0.408 e. The highest BCUT2D eigenvalue weighted by Crippen LogP contribution is 2.38. The first-order valence-corrected chi connectivity index (χ1v) is 15.4. The van der Waals surface area contributed by atoms with Crippen LogP contribution in [0.1, 0.15) is 20.8 Å². The number of ether oxygens (including phenoxy) is 2. The Hall–Kier alpha value is -2.39. The van der Waals surface area contributed by atoms with Gasteiger partial charge in [-0.15, -0.1) is 23.5 Å². The number of rotatable bonds is 4. The van der Waals surface area contributed by atoms with Crippen molar-refractivity contribution >= 4 is 53.3 Å². The Bertz CT molecular complexity index is 1140. The fourth-order valence-corrected chi connectivity index (χ4v) is 8.29. The van der Waals surface area contributed by atoms with E-state index in [-0.39, 0.29) is 11.5 Å². The van der Waals surface area contributed by atoms with Crippen molar-refractivity contribution in [3.63, 3.8) is 0 Å². The predicted molar refractivity (Wildman–Crippen MR) is 147 cm³/mol. The van der Waals surface area contributed by atoms with E-state index in [1.54, 1.807) is 20.8 Å². The number of methoxy groups -OCH3 is 1. The Morgan fingerprint density at radius 2 is 1.19 bits per heavy atom. The molecule has 242 valence electrons. The van der Waals surface area contributed by atoms with Gasteiger partial charge in [0.15, 0.2) is 0 Å². The predicted octanol–water partition coefficient (Wildman–Crippen LogP) is -4.73. The first-order chi connectivity index (χ1) is 20.0. The summed E-state index contributed by atoms with van der Waals surface area (Å²) in [6.45, 7) is 4.67. The molecule has 4 saturated heterocycles. The second-order valence-electron chi connectivity index (χ2n) is 11.5. The van der Waals surface area contributed by atoms with Crippen molar-refractivity contribution in [2.24, 2.45) is 0 Å². The molecule has 0 aromatic rings. The molecule has 0 radical (unpaired) electrons. The number of nitrogens with one attached hydrogen (secondary N) is 2. The van der Waals surface area contributed by atoms with Crippen molar-refractivity contribution in [2.45, 2.75) is 97.9 Å². The lowest BCUT2D eigenvalue weighted by molar-refractivity contribution is -0.154. The standard InChI is InChI=1S/C24H36N4O13S2/c1-24(2,3)41-23(39)26-10-12(30)14(32)15(33)20-27(19(10)37)7(5-42-20)17(35)25-9-11(29)13(31)16(34)21-28(18(9)36)8(6-43-21)22(38)40-4/h7-16,20-21,29-34H,5-6H2,1-4H3,(H,25,35)(H,26,39)/t7-,8-,9-,10-,11+,12+,13-,14-,15+,16+,20+,21+/m0/s1. The fraction of sp³-hybridized carbons (Fsp3) is 0.792. The van der Waals surface area contributed by atoms with E-state index in [1.807, 2.05) is 0 Å². The maximum atomic E-state index is 13.6. The number of aliphatic hydroxyl groups is 6. The summed E-state index contributed by atoms with van der Waals surface area (Å²) >= 11 is 1.86. The van der Waals surface area contributed by atoms with Gasteiger partial charge in [-0.05, 0) is 20.8 Å². The number of carbonyl (C=O) groups excluding carboxylic acids is 5.